The Labute approximate surface area is 281 Å². The lowest BCUT2D eigenvalue weighted by atomic mass is 10.2. The average Bonchev–Trinajstić information content (AvgIpc) is 3.43. The number of hydrogen-bond donors (Lipinski definition) is 2. The Morgan fingerprint density at radius 3 is 1.91 bits per heavy atom. The van der Waals surface area contributed by atoms with Gasteiger partial charge in [0.05, 0.1) is 72.6 Å². The number of benzene rings is 2. The lowest BCUT2D eigenvalue weighted by Gasteiger charge is -2.14. The molecule has 0 saturated heterocycles. The first-order valence-corrected chi connectivity index (χ1v) is 16.8. The highest BCUT2D eigenvalue weighted by Crippen LogP contribution is 2.31. The molecule has 0 bridgehead atoms. The van der Waals surface area contributed by atoms with Crippen LogP contribution in [-0.4, -0.2) is 94.1 Å². The lowest BCUT2D eigenvalue weighted by Crippen LogP contribution is -2.33. The van der Waals surface area contributed by atoms with Crippen LogP contribution in [0.3, 0.4) is 0 Å². The number of fused-ring (bicyclic) bond motifs is 1. The van der Waals surface area contributed by atoms with Gasteiger partial charge in [0.15, 0.2) is 11.8 Å². The number of unbranched alkanes of at least 4 members (excludes halogenated alkanes) is 3. The minimum Gasteiger partial charge on any atom is -0.491 e. The molecule has 3 aromatic rings. The van der Waals surface area contributed by atoms with Crippen LogP contribution in [0.4, 0.5) is 10.2 Å². The van der Waals surface area contributed by atoms with E-state index >= 15 is 0 Å². The number of nitrogens with two attached hydrogens (primary N) is 1. The van der Waals surface area contributed by atoms with E-state index in [0.717, 1.165) is 66.6 Å². The first-order valence-electron chi connectivity index (χ1n) is 16.2. The van der Waals surface area contributed by atoms with Gasteiger partial charge in [-0.25, -0.2) is 9.37 Å². The summed E-state index contributed by atoms with van der Waals surface area (Å²) in [6.07, 6.45) is 4.47. The van der Waals surface area contributed by atoms with Gasteiger partial charge >= 0.3 is 0 Å². The van der Waals surface area contributed by atoms with E-state index in [-0.39, 0.29) is 5.82 Å². The molecule has 13 heteroatoms. The van der Waals surface area contributed by atoms with E-state index in [1.54, 1.807) is 12.1 Å². The molecular weight excluding hydrogens is 629 g/mol. The molecule has 0 atom stereocenters. The Hall–Kier alpha value is -3.26. The van der Waals surface area contributed by atoms with Crippen molar-refractivity contribution in [3.8, 4) is 17.1 Å². The Bertz CT molecular complexity index is 1330. The van der Waals surface area contributed by atoms with Crippen LogP contribution in [0.5, 0.6) is 5.75 Å². The predicted octanol–water partition coefficient (Wildman–Crippen LogP) is 5.05. The third kappa shape index (κ3) is 13.4. The molecule has 0 radical (unpaired) electrons. The van der Waals surface area contributed by atoms with E-state index in [0.29, 0.717) is 90.9 Å². The SMILES string of the molecule is NC1=Nc2c(nc(-c3ccc(OCCOCCOCCOCCOCCOCCCCCCCl)cc3)n2Cc2ccc(F)cc2)CN1. The van der Waals surface area contributed by atoms with Crippen molar-refractivity contribution in [2.75, 3.05) is 78.6 Å². The van der Waals surface area contributed by atoms with Gasteiger partial charge in [-0.3, -0.25) is 0 Å². The quantitative estimate of drug-likeness (QED) is 0.0938. The van der Waals surface area contributed by atoms with E-state index in [1.165, 1.54) is 12.1 Å². The average molecular weight is 676 g/mol. The zero-order chi connectivity index (χ0) is 32.9. The van der Waals surface area contributed by atoms with Crippen LogP contribution in [0.2, 0.25) is 0 Å². The molecule has 0 fully saturated rings. The lowest BCUT2D eigenvalue weighted by molar-refractivity contribution is -0.0128. The number of hydrogen-bond acceptors (Lipinski definition) is 10. The Morgan fingerprint density at radius 2 is 1.30 bits per heavy atom. The first-order chi connectivity index (χ1) is 23.1. The van der Waals surface area contributed by atoms with Crippen molar-refractivity contribution in [1.29, 1.82) is 0 Å². The summed E-state index contributed by atoms with van der Waals surface area (Å²) in [6.45, 7) is 6.80. The number of alkyl halides is 1. The summed E-state index contributed by atoms with van der Waals surface area (Å²) in [5.41, 5.74) is 8.57. The maximum atomic E-state index is 13.5. The van der Waals surface area contributed by atoms with Crippen molar-refractivity contribution in [2.45, 2.75) is 38.8 Å². The fourth-order valence-electron chi connectivity index (χ4n) is 4.76. The fraction of sp³-hybridized carbons (Fsp3) is 0.529. The van der Waals surface area contributed by atoms with E-state index in [9.17, 15) is 4.39 Å². The van der Waals surface area contributed by atoms with E-state index in [2.05, 4.69) is 10.3 Å². The summed E-state index contributed by atoms with van der Waals surface area (Å²) in [7, 11) is 0. The van der Waals surface area contributed by atoms with Gasteiger partial charge in [0.1, 0.15) is 29.7 Å². The van der Waals surface area contributed by atoms with Crippen LogP contribution >= 0.6 is 11.6 Å². The minimum atomic E-state index is -0.278. The number of guanidine groups is 1. The van der Waals surface area contributed by atoms with Gasteiger partial charge < -0.3 is 44.0 Å². The number of nitrogens with zero attached hydrogens (tertiary/aromatic N) is 3. The monoisotopic (exact) mass is 675 g/mol. The van der Waals surface area contributed by atoms with E-state index in [4.69, 9.17) is 50.7 Å². The van der Waals surface area contributed by atoms with Crippen molar-refractivity contribution in [3.63, 3.8) is 0 Å². The number of aliphatic imine (C=N–C) groups is 1. The van der Waals surface area contributed by atoms with Crippen molar-refractivity contribution in [2.24, 2.45) is 10.7 Å². The molecule has 1 aromatic heterocycles. The fourth-order valence-corrected chi connectivity index (χ4v) is 4.95. The topological polar surface area (TPSA) is 124 Å². The number of rotatable bonds is 25. The van der Waals surface area contributed by atoms with Gasteiger partial charge in [-0.2, -0.15) is 4.99 Å². The third-order valence-corrected chi connectivity index (χ3v) is 7.46. The van der Waals surface area contributed by atoms with Gasteiger partial charge in [0.2, 0.25) is 0 Å². The van der Waals surface area contributed by atoms with Crippen LogP contribution in [0.15, 0.2) is 53.5 Å². The molecule has 0 aliphatic carbocycles. The summed E-state index contributed by atoms with van der Waals surface area (Å²) in [6, 6.07) is 14.1. The second-order valence-corrected chi connectivity index (χ2v) is 11.2. The molecule has 0 saturated carbocycles. The highest BCUT2D eigenvalue weighted by Gasteiger charge is 2.21. The number of halogens is 2. The summed E-state index contributed by atoms with van der Waals surface area (Å²) in [5, 5.41) is 3.03. The normalized spacial score (nSPS) is 12.5. The number of imidazole rings is 1. The second kappa shape index (κ2) is 21.6. The molecule has 11 nitrogen and oxygen atoms in total. The Kier molecular flexibility index (Phi) is 16.8. The predicted molar refractivity (Wildman–Crippen MR) is 180 cm³/mol. The minimum absolute atomic E-state index is 0.278. The highest BCUT2D eigenvalue weighted by atomic mass is 35.5. The Morgan fingerprint density at radius 1 is 0.723 bits per heavy atom. The maximum absolute atomic E-state index is 13.5. The molecule has 0 amide bonds. The molecule has 1 aliphatic rings. The maximum Gasteiger partial charge on any atom is 0.195 e. The largest absolute Gasteiger partial charge is 0.491 e. The summed E-state index contributed by atoms with van der Waals surface area (Å²) < 4.78 is 49.0. The molecule has 0 unspecified atom stereocenters. The smallest absolute Gasteiger partial charge is 0.195 e. The van der Waals surface area contributed by atoms with Crippen LogP contribution in [0.1, 0.15) is 36.9 Å². The number of ether oxygens (including phenoxy) is 6. The third-order valence-electron chi connectivity index (χ3n) is 7.20. The van der Waals surface area contributed by atoms with Crippen molar-refractivity contribution in [1.82, 2.24) is 14.9 Å². The highest BCUT2D eigenvalue weighted by molar-refractivity contribution is 6.17. The molecule has 258 valence electrons. The first kappa shape index (κ1) is 36.6. The van der Waals surface area contributed by atoms with Gasteiger partial charge in [0, 0.05) is 18.1 Å². The van der Waals surface area contributed by atoms with E-state index in [1.807, 2.05) is 28.8 Å². The molecule has 0 spiro atoms. The molecule has 4 rings (SSSR count). The van der Waals surface area contributed by atoms with Gasteiger partial charge in [0.25, 0.3) is 0 Å². The number of nitrogens with one attached hydrogen (secondary N) is 1. The molecule has 47 heavy (non-hydrogen) atoms. The molecule has 2 aromatic carbocycles. The molecule has 2 heterocycles. The van der Waals surface area contributed by atoms with Crippen LogP contribution in [0, 0.1) is 5.82 Å². The van der Waals surface area contributed by atoms with Gasteiger partial charge in [-0.05, 0) is 54.8 Å². The van der Waals surface area contributed by atoms with Crippen LogP contribution < -0.4 is 15.8 Å². The van der Waals surface area contributed by atoms with Crippen molar-refractivity contribution in [3.05, 3.63) is 65.6 Å². The van der Waals surface area contributed by atoms with Crippen molar-refractivity contribution < 1.29 is 32.8 Å². The number of aromatic nitrogens is 2. The summed E-state index contributed by atoms with van der Waals surface area (Å²) in [5.74, 6) is 2.96. The summed E-state index contributed by atoms with van der Waals surface area (Å²) >= 11 is 5.66. The zero-order valence-corrected chi connectivity index (χ0v) is 27.7. The Balaban J connectivity index is 1.04. The standard InChI is InChI=1S/C34H47ClFN5O6/c35-13-3-1-2-4-14-42-15-16-43-17-18-44-19-20-45-21-22-46-23-24-47-30-11-7-28(8-12-30)32-39-31-25-38-34(37)40-33(31)41(32)26-27-5-9-29(36)10-6-27/h5-12H,1-4,13-26H2,(H3,37,38,40). The second-order valence-electron chi connectivity index (χ2n) is 10.8. The van der Waals surface area contributed by atoms with Gasteiger partial charge in [-0.1, -0.05) is 25.0 Å². The zero-order valence-electron chi connectivity index (χ0n) is 27.0. The van der Waals surface area contributed by atoms with Crippen molar-refractivity contribution >= 4 is 23.4 Å². The van der Waals surface area contributed by atoms with E-state index < -0.39 is 0 Å². The molecular formula is C34H47ClFN5O6. The summed E-state index contributed by atoms with van der Waals surface area (Å²) in [4.78, 5) is 9.31. The molecule has 1 aliphatic heterocycles. The van der Waals surface area contributed by atoms with Crippen LogP contribution in [-0.2, 0) is 36.8 Å². The molecule has 3 N–H and O–H groups in total. The van der Waals surface area contributed by atoms with Gasteiger partial charge in [-0.15, -0.1) is 11.6 Å². The van der Waals surface area contributed by atoms with Crippen LogP contribution in [0.25, 0.3) is 11.4 Å².